The highest BCUT2D eigenvalue weighted by Crippen LogP contribution is 2.41. The number of rotatable bonds is 5. The van der Waals surface area contributed by atoms with Gasteiger partial charge >= 0.3 is 0 Å². The van der Waals surface area contributed by atoms with Crippen LogP contribution in [0.1, 0.15) is 24.2 Å². The van der Waals surface area contributed by atoms with Crippen LogP contribution < -0.4 is 0 Å². The van der Waals surface area contributed by atoms with Crippen molar-refractivity contribution in [3.05, 3.63) is 151 Å². The van der Waals surface area contributed by atoms with Crippen molar-refractivity contribution in [1.29, 1.82) is 0 Å². The lowest BCUT2D eigenvalue weighted by Crippen LogP contribution is -2.05. The zero-order valence-corrected chi connectivity index (χ0v) is 23.4. The van der Waals surface area contributed by atoms with Crippen LogP contribution >= 0.6 is 0 Å². The number of aromatic nitrogens is 3. The third kappa shape index (κ3) is 4.63. The van der Waals surface area contributed by atoms with Gasteiger partial charge in [0.25, 0.3) is 0 Å². The van der Waals surface area contributed by atoms with Crippen LogP contribution in [0.25, 0.3) is 67.0 Å². The van der Waals surface area contributed by atoms with Crippen molar-refractivity contribution in [1.82, 2.24) is 15.0 Å². The summed E-state index contributed by atoms with van der Waals surface area (Å²) >= 11 is 0. The first kappa shape index (κ1) is 25.1. The zero-order chi connectivity index (χ0) is 28.6. The van der Waals surface area contributed by atoms with Crippen LogP contribution in [-0.2, 0) is 0 Å². The number of allylic oxidation sites excluding steroid dienone is 4. The van der Waals surface area contributed by atoms with Crippen molar-refractivity contribution in [3.63, 3.8) is 0 Å². The largest absolute Gasteiger partial charge is 0.456 e. The molecule has 4 heteroatoms. The zero-order valence-electron chi connectivity index (χ0n) is 23.4. The highest BCUT2D eigenvalue weighted by molar-refractivity contribution is 6.13. The van der Waals surface area contributed by atoms with Crippen molar-refractivity contribution in [2.24, 2.45) is 0 Å². The Hall–Kier alpha value is -5.61. The molecule has 0 aliphatic heterocycles. The Bertz CT molecular complexity index is 2180. The van der Waals surface area contributed by atoms with Crippen molar-refractivity contribution in [2.75, 3.05) is 0 Å². The van der Waals surface area contributed by atoms with Crippen molar-refractivity contribution in [2.45, 2.75) is 12.8 Å². The SMILES string of the molecule is C1=CC(c2nc(-c3ccccc3)nc(-c3cccc(-c4ccccc4)c3)n2)=C(c2cccc3oc4ccccc4c23)CC1. The minimum absolute atomic E-state index is 0.652. The standard InChI is InChI=1S/C39H27N3O/c1-3-13-26(14-4-1)28-17-11-18-29(25-28)38-40-37(27-15-5-2-6-16-27)41-39(42-38)32-20-8-7-19-30(32)31-22-12-24-35-36(31)33-21-9-10-23-34(33)43-35/h1-6,8-18,20-25H,7,19H2. The molecule has 0 unspecified atom stereocenters. The maximum absolute atomic E-state index is 6.24. The molecular formula is C39H27N3O. The number of nitrogens with zero attached hydrogens (tertiary/aromatic N) is 3. The quantitative estimate of drug-likeness (QED) is 0.213. The Morgan fingerprint density at radius 3 is 1.98 bits per heavy atom. The van der Waals surface area contributed by atoms with Crippen LogP contribution in [0.4, 0.5) is 0 Å². The van der Waals surface area contributed by atoms with Crippen LogP contribution in [-0.4, -0.2) is 15.0 Å². The van der Waals surface area contributed by atoms with Gasteiger partial charge < -0.3 is 4.42 Å². The Kier molecular flexibility index (Phi) is 6.23. The molecule has 0 radical (unpaired) electrons. The van der Waals surface area contributed by atoms with Gasteiger partial charge in [-0.3, -0.25) is 0 Å². The van der Waals surface area contributed by atoms with Gasteiger partial charge in [-0.1, -0.05) is 121 Å². The molecule has 2 heterocycles. The summed E-state index contributed by atoms with van der Waals surface area (Å²) in [6.07, 6.45) is 6.23. The van der Waals surface area contributed by atoms with Gasteiger partial charge in [-0.25, -0.2) is 15.0 Å². The second-order valence-corrected chi connectivity index (χ2v) is 10.7. The summed E-state index contributed by atoms with van der Waals surface area (Å²) in [7, 11) is 0. The average Bonchev–Trinajstić information content (AvgIpc) is 3.48. The summed E-state index contributed by atoms with van der Waals surface area (Å²) in [5.74, 6) is 1.98. The van der Waals surface area contributed by atoms with E-state index in [1.807, 2.05) is 54.6 Å². The van der Waals surface area contributed by atoms with E-state index in [1.165, 1.54) is 5.57 Å². The molecule has 1 aliphatic rings. The summed E-state index contributed by atoms with van der Waals surface area (Å²) in [6, 6.07) is 43.5. The molecule has 0 N–H and O–H groups in total. The smallest absolute Gasteiger partial charge is 0.164 e. The number of fused-ring (bicyclic) bond motifs is 3. The van der Waals surface area contributed by atoms with Gasteiger partial charge in [0.2, 0.25) is 0 Å². The molecule has 0 amide bonds. The molecule has 0 atom stereocenters. The van der Waals surface area contributed by atoms with E-state index in [-0.39, 0.29) is 0 Å². The van der Waals surface area contributed by atoms with Gasteiger partial charge in [0.05, 0.1) is 0 Å². The molecule has 43 heavy (non-hydrogen) atoms. The topological polar surface area (TPSA) is 51.8 Å². The van der Waals surface area contributed by atoms with E-state index in [0.717, 1.165) is 68.2 Å². The minimum Gasteiger partial charge on any atom is -0.456 e. The summed E-state index contributed by atoms with van der Waals surface area (Å²) in [5, 5.41) is 2.25. The number of hydrogen-bond donors (Lipinski definition) is 0. The number of hydrogen-bond acceptors (Lipinski definition) is 4. The fraction of sp³-hybridized carbons (Fsp3) is 0.0513. The minimum atomic E-state index is 0.652. The van der Waals surface area contributed by atoms with Crippen molar-refractivity contribution >= 4 is 33.1 Å². The lowest BCUT2D eigenvalue weighted by atomic mass is 9.88. The summed E-state index contributed by atoms with van der Waals surface area (Å²) in [6.45, 7) is 0. The Balaban J connectivity index is 1.35. The molecule has 0 saturated heterocycles. The third-order valence-corrected chi connectivity index (χ3v) is 8.03. The van der Waals surface area contributed by atoms with Gasteiger partial charge in [0.1, 0.15) is 11.2 Å². The van der Waals surface area contributed by atoms with Crippen LogP contribution in [0, 0.1) is 0 Å². The number of furan rings is 1. The molecule has 2 aromatic heterocycles. The van der Waals surface area contributed by atoms with Crippen LogP contribution in [0.2, 0.25) is 0 Å². The van der Waals surface area contributed by atoms with Crippen molar-refractivity contribution < 1.29 is 4.42 Å². The second-order valence-electron chi connectivity index (χ2n) is 10.7. The van der Waals surface area contributed by atoms with Crippen LogP contribution in [0.3, 0.4) is 0 Å². The number of para-hydroxylation sites is 1. The van der Waals surface area contributed by atoms with Crippen LogP contribution in [0.15, 0.2) is 144 Å². The van der Waals surface area contributed by atoms with E-state index < -0.39 is 0 Å². The highest BCUT2D eigenvalue weighted by Gasteiger charge is 2.21. The average molecular weight is 554 g/mol. The van der Waals surface area contributed by atoms with Gasteiger partial charge in [-0.05, 0) is 53.3 Å². The summed E-state index contributed by atoms with van der Waals surface area (Å²) in [4.78, 5) is 15.2. The molecule has 8 rings (SSSR count). The summed E-state index contributed by atoms with van der Waals surface area (Å²) in [5.41, 5.74) is 9.36. The summed E-state index contributed by atoms with van der Waals surface area (Å²) < 4.78 is 6.24. The fourth-order valence-electron chi connectivity index (χ4n) is 5.99. The molecule has 0 fully saturated rings. The second kappa shape index (κ2) is 10.7. The Morgan fingerprint density at radius 2 is 1.14 bits per heavy atom. The van der Waals surface area contributed by atoms with Gasteiger partial charge in [0, 0.05) is 27.5 Å². The van der Waals surface area contributed by atoms with E-state index in [4.69, 9.17) is 19.4 Å². The highest BCUT2D eigenvalue weighted by atomic mass is 16.3. The van der Waals surface area contributed by atoms with Gasteiger partial charge in [-0.15, -0.1) is 0 Å². The Morgan fingerprint density at radius 1 is 0.512 bits per heavy atom. The Labute approximate surface area is 249 Å². The monoisotopic (exact) mass is 553 g/mol. The van der Waals surface area contributed by atoms with Crippen LogP contribution in [0.5, 0.6) is 0 Å². The molecular weight excluding hydrogens is 526 g/mol. The maximum atomic E-state index is 6.24. The van der Waals surface area contributed by atoms with E-state index in [9.17, 15) is 0 Å². The molecule has 4 nitrogen and oxygen atoms in total. The fourth-order valence-corrected chi connectivity index (χ4v) is 5.99. The first-order valence-electron chi connectivity index (χ1n) is 14.6. The van der Waals surface area contributed by atoms with E-state index in [0.29, 0.717) is 17.5 Å². The lowest BCUT2D eigenvalue weighted by molar-refractivity contribution is 0.669. The molecule has 0 spiro atoms. The van der Waals surface area contributed by atoms with Crippen molar-refractivity contribution in [3.8, 4) is 33.9 Å². The molecule has 0 bridgehead atoms. The molecule has 0 saturated carbocycles. The third-order valence-electron chi connectivity index (χ3n) is 8.03. The lowest BCUT2D eigenvalue weighted by Gasteiger charge is -2.18. The maximum Gasteiger partial charge on any atom is 0.164 e. The molecule has 5 aromatic carbocycles. The number of benzene rings is 5. The molecule has 204 valence electrons. The van der Waals surface area contributed by atoms with Gasteiger partial charge in [0.15, 0.2) is 17.5 Å². The van der Waals surface area contributed by atoms with E-state index >= 15 is 0 Å². The predicted molar refractivity (Wildman–Crippen MR) is 175 cm³/mol. The van der Waals surface area contributed by atoms with E-state index in [2.05, 4.69) is 84.9 Å². The molecule has 1 aliphatic carbocycles. The first-order valence-corrected chi connectivity index (χ1v) is 14.6. The first-order chi connectivity index (χ1) is 21.3. The van der Waals surface area contributed by atoms with E-state index in [1.54, 1.807) is 0 Å². The normalized spacial score (nSPS) is 13.2. The predicted octanol–water partition coefficient (Wildman–Crippen LogP) is 10.0. The van der Waals surface area contributed by atoms with Gasteiger partial charge in [-0.2, -0.15) is 0 Å². The molecule has 7 aromatic rings.